The average molecular weight is 289 g/mol. The van der Waals surface area contributed by atoms with Gasteiger partial charge < -0.3 is 4.84 Å². The number of oxime groups is 1. The summed E-state index contributed by atoms with van der Waals surface area (Å²) in [6.45, 7) is 3.84. The second-order valence-corrected chi connectivity index (χ2v) is 7.19. The van der Waals surface area contributed by atoms with Crippen molar-refractivity contribution in [2.24, 2.45) is 5.16 Å². The van der Waals surface area contributed by atoms with E-state index in [0.29, 0.717) is 12.0 Å². The predicted molar refractivity (Wildman–Crippen MR) is 68.7 cm³/mol. The van der Waals surface area contributed by atoms with E-state index in [9.17, 15) is 8.42 Å². The van der Waals surface area contributed by atoms with E-state index in [1.807, 2.05) is 13.8 Å². The van der Waals surface area contributed by atoms with Crippen molar-refractivity contribution in [3.05, 3.63) is 22.8 Å². The molecule has 0 radical (unpaired) electrons. The Morgan fingerprint density at radius 1 is 1.44 bits per heavy atom. The Morgan fingerprint density at radius 3 is 2.56 bits per heavy atom. The van der Waals surface area contributed by atoms with Crippen LogP contribution in [0.2, 0.25) is 5.02 Å². The maximum absolute atomic E-state index is 11.4. The molecule has 0 spiro atoms. The van der Waals surface area contributed by atoms with Crippen LogP contribution < -0.4 is 0 Å². The lowest BCUT2D eigenvalue weighted by molar-refractivity contribution is 0.0123. The normalized spacial score (nSPS) is 18.3. The average Bonchev–Trinajstić information content (AvgIpc) is 2.56. The summed E-state index contributed by atoms with van der Waals surface area (Å²) in [6.07, 6.45) is 3.15. The lowest BCUT2D eigenvalue weighted by Gasteiger charge is -2.13. The molecule has 0 saturated carbocycles. The Kier molecular flexibility index (Phi) is 3.11. The lowest BCUT2D eigenvalue weighted by Crippen LogP contribution is -2.19. The third-order valence-corrected chi connectivity index (χ3v) is 3.92. The fraction of sp³-hybridized carbons (Fsp3) is 0.455. The highest BCUT2D eigenvalue weighted by Gasteiger charge is 2.30. The number of sulfone groups is 1. The molecule has 0 bridgehead atoms. The van der Waals surface area contributed by atoms with Crippen molar-refractivity contribution in [3.8, 4) is 0 Å². The van der Waals surface area contributed by atoms with Gasteiger partial charge in [0.05, 0.1) is 10.7 Å². The molecule has 2 rings (SSSR count). The molecule has 1 aliphatic rings. The van der Waals surface area contributed by atoms with Crippen molar-refractivity contribution in [2.75, 3.05) is 6.26 Å². The van der Waals surface area contributed by atoms with Gasteiger partial charge >= 0.3 is 0 Å². The number of pyridine rings is 1. The van der Waals surface area contributed by atoms with Crippen LogP contribution in [0.5, 0.6) is 0 Å². The highest BCUT2D eigenvalue weighted by Crippen LogP contribution is 2.27. The third kappa shape index (κ3) is 2.64. The fourth-order valence-corrected chi connectivity index (χ4v) is 2.90. The number of hydrogen-bond acceptors (Lipinski definition) is 5. The first-order valence-corrected chi connectivity index (χ1v) is 7.57. The van der Waals surface area contributed by atoms with E-state index in [1.165, 1.54) is 6.20 Å². The van der Waals surface area contributed by atoms with Crippen molar-refractivity contribution >= 4 is 27.1 Å². The van der Waals surface area contributed by atoms with Crippen molar-refractivity contribution < 1.29 is 13.3 Å². The molecule has 2 heterocycles. The molecule has 98 valence electrons. The predicted octanol–water partition coefficient (Wildman–Crippen LogP) is 2.04. The van der Waals surface area contributed by atoms with Gasteiger partial charge in [0.2, 0.25) is 0 Å². The molecule has 1 aliphatic heterocycles. The van der Waals surface area contributed by atoms with Gasteiger partial charge in [0.25, 0.3) is 0 Å². The quantitative estimate of drug-likeness (QED) is 0.835. The highest BCUT2D eigenvalue weighted by molar-refractivity contribution is 7.90. The van der Waals surface area contributed by atoms with Crippen LogP contribution in [0.25, 0.3) is 0 Å². The van der Waals surface area contributed by atoms with Crippen LogP contribution in [-0.4, -0.2) is 31.0 Å². The minimum absolute atomic E-state index is 0.0995. The summed E-state index contributed by atoms with van der Waals surface area (Å²) in [5.41, 5.74) is 1.05. The van der Waals surface area contributed by atoms with Gasteiger partial charge in [0.1, 0.15) is 5.60 Å². The Hall–Kier alpha value is -1.14. The molecule has 1 aromatic heterocycles. The minimum atomic E-state index is -3.41. The highest BCUT2D eigenvalue weighted by atomic mass is 35.5. The Balaban J connectivity index is 2.37. The largest absolute Gasteiger partial charge is 0.389 e. The SMILES string of the molecule is CC1(C)CC(c2cnc(S(C)(=O)=O)c(Cl)c2)=NO1. The molecule has 0 atom stereocenters. The van der Waals surface area contributed by atoms with Gasteiger partial charge in [0, 0.05) is 24.4 Å². The zero-order valence-corrected chi connectivity index (χ0v) is 11.8. The van der Waals surface area contributed by atoms with Crippen LogP contribution >= 0.6 is 11.6 Å². The van der Waals surface area contributed by atoms with E-state index in [-0.39, 0.29) is 15.6 Å². The molecule has 0 N–H and O–H groups in total. The molecule has 0 fully saturated rings. The molecule has 18 heavy (non-hydrogen) atoms. The van der Waals surface area contributed by atoms with Crippen molar-refractivity contribution in [1.82, 2.24) is 4.98 Å². The van der Waals surface area contributed by atoms with E-state index in [1.54, 1.807) is 6.07 Å². The first kappa shape index (κ1) is 13.3. The van der Waals surface area contributed by atoms with Crippen LogP contribution in [0.15, 0.2) is 22.4 Å². The topological polar surface area (TPSA) is 68.6 Å². The summed E-state index contributed by atoms with van der Waals surface area (Å²) >= 11 is 5.93. The minimum Gasteiger partial charge on any atom is -0.389 e. The zero-order valence-electron chi connectivity index (χ0n) is 10.3. The van der Waals surface area contributed by atoms with Crippen LogP contribution in [0.4, 0.5) is 0 Å². The van der Waals surface area contributed by atoms with Gasteiger partial charge in [-0.25, -0.2) is 13.4 Å². The molecular formula is C11H13ClN2O3S. The summed E-state index contributed by atoms with van der Waals surface area (Å²) in [5.74, 6) is 0. The molecule has 0 saturated heterocycles. The molecule has 1 aromatic rings. The van der Waals surface area contributed by atoms with E-state index >= 15 is 0 Å². The molecule has 0 aromatic carbocycles. The smallest absolute Gasteiger partial charge is 0.194 e. The summed E-state index contributed by atoms with van der Waals surface area (Å²) in [4.78, 5) is 9.13. The van der Waals surface area contributed by atoms with Crippen molar-refractivity contribution in [3.63, 3.8) is 0 Å². The van der Waals surface area contributed by atoms with Gasteiger partial charge in [-0.2, -0.15) is 0 Å². The zero-order chi connectivity index (χ0) is 13.6. The van der Waals surface area contributed by atoms with Gasteiger partial charge in [-0.3, -0.25) is 0 Å². The summed E-state index contributed by atoms with van der Waals surface area (Å²) < 4.78 is 22.8. The third-order valence-electron chi connectivity index (χ3n) is 2.49. The number of nitrogens with zero attached hydrogens (tertiary/aromatic N) is 2. The van der Waals surface area contributed by atoms with E-state index < -0.39 is 9.84 Å². The number of aromatic nitrogens is 1. The number of rotatable bonds is 2. The van der Waals surface area contributed by atoms with Gasteiger partial charge in [-0.05, 0) is 19.9 Å². The van der Waals surface area contributed by atoms with Crippen LogP contribution in [0, 0.1) is 0 Å². The summed E-state index contributed by atoms with van der Waals surface area (Å²) in [6, 6.07) is 1.55. The first-order chi connectivity index (χ1) is 8.19. The van der Waals surface area contributed by atoms with E-state index in [2.05, 4.69) is 10.1 Å². The molecule has 0 unspecified atom stereocenters. The maximum Gasteiger partial charge on any atom is 0.194 e. The molecular weight excluding hydrogens is 276 g/mol. The van der Waals surface area contributed by atoms with Gasteiger partial charge in [-0.1, -0.05) is 16.8 Å². The van der Waals surface area contributed by atoms with Crippen molar-refractivity contribution in [2.45, 2.75) is 30.9 Å². The van der Waals surface area contributed by atoms with Gasteiger partial charge in [0.15, 0.2) is 14.9 Å². The Bertz CT molecular complexity index is 623. The molecule has 5 nitrogen and oxygen atoms in total. The monoisotopic (exact) mass is 288 g/mol. The van der Waals surface area contributed by atoms with E-state index in [0.717, 1.165) is 12.0 Å². The number of halogens is 1. The standard InChI is InChI=1S/C11H13ClN2O3S/c1-11(2)5-9(14-17-11)7-4-8(12)10(13-6-7)18(3,15)16/h4,6H,5H2,1-3H3. The van der Waals surface area contributed by atoms with Crippen molar-refractivity contribution in [1.29, 1.82) is 0 Å². The molecule has 7 heteroatoms. The second kappa shape index (κ2) is 4.20. The van der Waals surface area contributed by atoms with Crippen LogP contribution in [0.1, 0.15) is 25.8 Å². The van der Waals surface area contributed by atoms with Crippen LogP contribution in [0.3, 0.4) is 0 Å². The molecule has 0 amide bonds. The number of hydrogen-bond donors (Lipinski definition) is 0. The Labute approximate surface area is 111 Å². The fourth-order valence-electron chi connectivity index (χ4n) is 1.66. The summed E-state index contributed by atoms with van der Waals surface area (Å²) in [7, 11) is -3.41. The Morgan fingerprint density at radius 2 is 2.11 bits per heavy atom. The first-order valence-electron chi connectivity index (χ1n) is 5.30. The summed E-state index contributed by atoms with van der Waals surface area (Å²) in [5, 5.41) is 3.94. The maximum atomic E-state index is 11.4. The van der Waals surface area contributed by atoms with E-state index in [4.69, 9.17) is 16.4 Å². The second-order valence-electron chi connectivity index (χ2n) is 4.85. The van der Waals surface area contributed by atoms with Crippen LogP contribution in [-0.2, 0) is 14.7 Å². The van der Waals surface area contributed by atoms with Gasteiger partial charge in [-0.15, -0.1) is 0 Å². The lowest BCUT2D eigenvalue weighted by atomic mass is 9.99. The molecule has 0 aliphatic carbocycles.